The van der Waals surface area contributed by atoms with Gasteiger partial charge in [-0.1, -0.05) is 32.6 Å². The first-order valence-electron chi connectivity index (χ1n) is 10.1. The van der Waals surface area contributed by atoms with Crippen LogP contribution < -0.4 is 4.74 Å². The molecule has 0 bridgehead atoms. The second-order valence-corrected chi connectivity index (χ2v) is 7.62. The molecule has 0 radical (unpaired) electrons. The van der Waals surface area contributed by atoms with E-state index in [0.717, 1.165) is 12.3 Å². The highest BCUT2D eigenvalue weighted by Crippen LogP contribution is 2.40. The Balaban J connectivity index is 1.62. The zero-order valence-electron chi connectivity index (χ0n) is 15.9. The van der Waals surface area contributed by atoms with E-state index >= 15 is 0 Å². The highest BCUT2D eigenvalue weighted by atomic mass is 19.2. The molecule has 2 nitrogen and oxygen atoms in total. The first-order chi connectivity index (χ1) is 12.6. The van der Waals surface area contributed by atoms with Gasteiger partial charge in [0.15, 0.2) is 11.6 Å². The number of hydrogen-bond donors (Lipinski definition) is 0. The fourth-order valence-electron chi connectivity index (χ4n) is 4.44. The Labute approximate surface area is 155 Å². The first-order valence-corrected chi connectivity index (χ1v) is 10.1. The van der Waals surface area contributed by atoms with Crippen LogP contribution >= 0.6 is 0 Å². The molecule has 1 atom stereocenters. The molecule has 1 heterocycles. The van der Waals surface area contributed by atoms with E-state index in [4.69, 9.17) is 9.47 Å². The van der Waals surface area contributed by atoms with Gasteiger partial charge < -0.3 is 9.47 Å². The highest BCUT2D eigenvalue weighted by molar-refractivity contribution is 5.62. The van der Waals surface area contributed by atoms with E-state index in [1.54, 1.807) is 13.0 Å². The molecular formula is C22H30F2O2. The first kappa shape index (κ1) is 19.2. The topological polar surface area (TPSA) is 18.5 Å². The summed E-state index contributed by atoms with van der Waals surface area (Å²) in [5.41, 5.74) is 0.191. The third kappa shape index (κ3) is 4.21. The lowest BCUT2D eigenvalue weighted by atomic mass is 9.73. The molecule has 0 amide bonds. The molecule has 4 heteroatoms. The van der Waals surface area contributed by atoms with E-state index in [1.807, 2.05) is 6.08 Å². The maximum atomic E-state index is 14.4. The van der Waals surface area contributed by atoms with Crippen molar-refractivity contribution in [1.82, 2.24) is 0 Å². The number of benzene rings is 1. The number of rotatable bonds is 6. The van der Waals surface area contributed by atoms with Gasteiger partial charge in [0.1, 0.15) is 5.76 Å². The van der Waals surface area contributed by atoms with Gasteiger partial charge in [-0.05, 0) is 62.1 Å². The third-order valence-electron chi connectivity index (χ3n) is 5.93. The lowest BCUT2D eigenvalue weighted by Gasteiger charge is -2.35. The van der Waals surface area contributed by atoms with Gasteiger partial charge in [-0.3, -0.25) is 0 Å². The lowest BCUT2D eigenvalue weighted by Crippen LogP contribution is -2.26. The summed E-state index contributed by atoms with van der Waals surface area (Å²) in [6.45, 7) is 4.91. The number of halogens is 2. The normalized spacial score (nSPS) is 26.2. The number of hydrogen-bond acceptors (Lipinski definition) is 2. The van der Waals surface area contributed by atoms with Crippen molar-refractivity contribution in [2.75, 3.05) is 13.2 Å². The Kier molecular flexibility index (Phi) is 6.55. The van der Waals surface area contributed by atoms with Gasteiger partial charge >= 0.3 is 0 Å². The van der Waals surface area contributed by atoms with E-state index in [9.17, 15) is 8.78 Å². The van der Waals surface area contributed by atoms with Crippen LogP contribution in [0.25, 0.3) is 5.76 Å². The molecule has 1 unspecified atom stereocenters. The standard InChI is InChI=1S/C22H30F2O2/c1-3-5-15-6-8-16(9-7-15)17-10-12-19(26-14-17)18-11-13-20(25-4-2)22(24)21(18)23/h11-13,15-17H,3-10,14H2,1-2H3. The number of ether oxygens (including phenoxy) is 2. The highest BCUT2D eigenvalue weighted by Gasteiger charge is 2.30. The summed E-state index contributed by atoms with van der Waals surface area (Å²) in [5.74, 6) is 0.672. The molecule has 1 aromatic rings. The summed E-state index contributed by atoms with van der Waals surface area (Å²) in [4.78, 5) is 0. The zero-order valence-corrected chi connectivity index (χ0v) is 15.9. The summed E-state index contributed by atoms with van der Waals surface area (Å²) in [7, 11) is 0. The van der Waals surface area contributed by atoms with Crippen molar-refractivity contribution in [3.63, 3.8) is 0 Å². The molecule has 0 spiro atoms. The molecule has 1 aliphatic carbocycles. The van der Waals surface area contributed by atoms with Crippen molar-refractivity contribution < 1.29 is 18.3 Å². The smallest absolute Gasteiger partial charge is 0.201 e. The zero-order chi connectivity index (χ0) is 18.5. The SMILES string of the molecule is CCCC1CCC(C2CC=C(c3ccc(OCC)c(F)c3F)OC2)CC1. The molecule has 3 rings (SSSR count). The van der Waals surface area contributed by atoms with Gasteiger partial charge in [-0.2, -0.15) is 4.39 Å². The Bertz CT molecular complexity index is 633. The van der Waals surface area contributed by atoms with Crippen molar-refractivity contribution in [2.45, 2.75) is 58.8 Å². The van der Waals surface area contributed by atoms with E-state index < -0.39 is 11.6 Å². The predicted molar refractivity (Wildman–Crippen MR) is 99.9 cm³/mol. The van der Waals surface area contributed by atoms with Crippen LogP contribution in [0.3, 0.4) is 0 Å². The fourth-order valence-corrected chi connectivity index (χ4v) is 4.44. The number of allylic oxidation sites excluding steroid dienone is 1. The van der Waals surface area contributed by atoms with E-state index in [-0.39, 0.29) is 11.3 Å². The quantitative estimate of drug-likeness (QED) is 0.586. The van der Waals surface area contributed by atoms with E-state index in [1.165, 1.54) is 44.6 Å². The van der Waals surface area contributed by atoms with Crippen molar-refractivity contribution >= 4 is 5.76 Å². The van der Waals surface area contributed by atoms with Crippen LogP contribution in [0.4, 0.5) is 8.78 Å². The molecule has 144 valence electrons. The molecule has 0 aromatic heterocycles. The minimum atomic E-state index is -0.940. The van der Waals surface area contributed by atoms with Gasteiger partial charge in [0.05, 0.1) is 18.8 Å². The van der Waals surface area contributed by atoms with Gasteiger partial charge in [0.25, 0.3) is 0 Å². The van der Waals surface area contributed by atoms with Crippen molar-refractivity contribution in [3.8, 4) is 5.75 Å². The lowest BCUT2D eigenvalue weighted by molar-refractivity contribution is 0.117. The molecule has 1 saturated carbocycles. The molecule has 1 fully saturated rings. The third-order valence-corrected chi connectivity index (χ3v) is 5.93. The second kappa shape index (κ2) is 8.88. The minimum absolute atomic E-state index is 0.0492. The van der Waals surface area contributed by atoms with Crippen LogP contribution in [0.15, 0.2) is 18.2 Å². The van der Waals surface area contributed by atoms with Gasteiger partial charge in [0, 0.05) is 0 Å². The fraction of sp³-hybridized carbons (Fsp3) is 0.636. The van der Waals surface area contributed by atoms with Crippen LogP contribution in [-0.4, -0.2) is 13.2 Å². The van der Waals surface area contributed by atoms with E-state index in [2.05, 4.69) is 6.92 Å². The summed E-state index contributed by atoms with van der Waals surface area (Å²) >= 11 is 0. The van der Waals surface area contributed by atoms with Gasteiger partial charge in [0.2, 0.25) is 5.82 Å². The molecule has 1 aromatic carbocycles. The van der Waals surface area contributed by atoms with Crippen LogP contribution in [0.2, 0.25) is 0 Å². The maximum absolute atomic E-state index is 14.4. The van der Waals surface area contributed by atoms with Crippen LogP contribution in [0, 0.1) is 29.4 Å². The maximum Gasteiger partial charge on any atom is 0.201 e. The molecule has 2 aliphatic rings. The van der Waals surface area contributed by atoms with Crippen LogP contribution in [-0.2, 0) is 4.74 Å². The second-order valence-electron chi connectivity index (χ2n) is 7.62. The Morgan fingerprint density at radius 3 is 2.42 bits per heavy atom. The molecule has 0 saturated heterocycles. The largest absolute Gasteiger partial charge is 0.493 e. The van der Waals surface area contributed by atoms with Crippen molar-refractivity contribution in [3.05, 3.63) is 35.4 Å². The monoisotopic (exact) mass is 364 g/mol. The summed E-state index contributed by atoms with van der Waals surface area (Å²) in [5, 5.41) is 0. The van der Waals surface area contributed by atoms with E-state index in [0.29, 0.717) is 30.8 Å². The van der Waals surface area contributed by atoms with Crippen LogP contribution in [0.5, 0.6) is 5.75 Å². The Morgan fingerprint density at radius 1 is 1.04 bits per heavy atom. The predicted octanol–water partition coefficient (Wildman–Crippen LogP) is 6.35. The summed E-state index contributed by atoms with van der Waals surface area (Å²) < 4.78 is 39.4. The molecular weight excluding hydrogens is 334 g/mol. The average molecular weight is 364 g/mol. The average Bonchev–Trinajstić information content (AvgIpc) is 2.67. The van der Waals surface area contributed by atoms with Gasteiger partial charge in [-0.15, -0.1) is 0 Å². The molecule has 0 N–H and O–H groups in total. The molecule has 1 aliphatic heterocycles. The van der Waals surface area contributed by atoms with Crippen molar-refractivity contribution in [2.24, 2.45) is 17.8 Å². The molecule has 26 heavy (non-hydrogen) atoms. The van der Waals surface area contributed by atoms with Crippen LogP contribution in [0.1, 0.15) is 64.4 Å². The Morgan fingerprint density at radius 2 is 1.81 bits per heavy atom. The van der Waals surface area contributed by atoms with Crippen molar-refractivity contribution in [1.29, 1.82) is 0 Å². The minimum Gasteiger partial charge on any atom is -0.493 e. The summed E-state index contributed by atoms with van der Waals surface area (Å²) in [6.07, 6.45) is 10.6. The Hall–Kier alpha value is -1.58. The van der Waals surface area contributed by atoms with Gasteiger partial charge in [-0.25, -0.2) is 4.39 Å². The summed E-state index contributed by atoms with van der Waals surface area (Å²) in [6, 6.07) is 3.02.